The van der Waals surface area contributed by atoms with Gasteiger partial charge in [-0.15, -0.1) is 12.4 Å². The quantitative estimate of drug-likeness (QED) is 0.810. The van der Waals surface area contributed by atoms with Gasteiger partial charge < -0.3 is 20.1 Å². The van der Waals surface area contributed by atoms with Crippen LogP contribution in [0, 0.1) is 24.7 Å². The Hall–Kier alpha value is -1.30. The van der Waals surface area contributed by atoms with Crippen molar-refractivity contribution in [3.63, 3.8) is 0 Å². The van der Waals surface area contributed by atoms with Crippen molar-refractivity contribution in [1.82, 2.24) is 5.32 Å². The zero-order valence-electron chi connectivity index (χ0n) is 15.0. The molecule has 0 radical (unpaired) electrons. The van der Waals surface area contributed by atoms with E-state index in [-0.39, 0.29) is 24.2 Å². The number of aryl methyl sites for hydroxylation is 1. The minimum absolute atomic E-state index is 0. The molecule has 2 heterocycles. The first-order valence-electron chi connectivity index (χ1n) is 8.96. The van der Waals surface area contributed by atoms with Gasteiger partial charge in [0.1, 0.15) is 5.75 Å². The zero-order chi connectivity index (χ0) is 16.9. The summed E-state index contributed by atoms with van der Waals surface area (Å²) in [5.41, 5.74) is 1.91. The van der Waals surface area contributed by atoms with E-state index >= 15 is 0 Å². The number of hydrogen-bond acceptors (Lipinski definition) is 4. The Morgan fingerprint density at radius 1 is 1.36 bits per heavy atom. The number of carbonyl (C=O) groups is 1. The van der Waals surface area contributed by atoms with Crippen LogP contribution in [0.5, 0.6) is 5.75 Å². The van der Waals surface area contributed by atoms with E-state index in [9.17, 15) is 4.79 Å². The van der Waals surface area contributed by atoms with E-state index in [4.69, 9.17) is 9.47 Å². The average molecular weight is 369 g/mol. The fourth-order valence-electron chi connectivity index (χ4n) is 3.09. The van der Waals surface area contributed by atoms with Crippen LogP contribution in [0.25, 0.3) is 0 Å². The molecule has 25 heavy (non-hydrogen) atoms. The highest BCUT2D eigenvalue weighted by Gasteiger charge is 2.28. The molecule has 1 unspecified atom stereocenters. The predicted molar refractivity (Wildman–Crippen MR) is 102 cm³/mol. The third-order valence-electron chi connectivity index (χ3n) is 5.20. The highest BCUT2D eigenvalue weighted by molar-refractivity contribution is 5.92. The highest BCUT2D eigenvalue weighted by atomic mass is 35.5. The molecule has 3 rings (SSSR count). The van der Waals surface area contributed by atoms with E-state index in [2.05, 4.69) is 10.6 Å². The zero-order valence-corrected chi connectivity index (χ0v) is 15.9. The lowest BCUT2D eigenvalue weighted by Gasteiger charge is -2.31. The normalized spacial score (nSPS) is 19.4. The van der Waals surface area contributed by atoms with Crippen LogP contribution >= 0.6 is 12.4 Å². The second-order valence-electron chi connectivity index (χ2n) is 7.04. The first-order chi connectivity index (χ1) is 11.6. The van der Waals surface area contributed by atoms with Crippen molar-refractivity contribution in [3.8, 4) is 5.75 Å². The van der Waals surface area contributed by atoms with Crippen LogP contribution in [0.2, 0.25) is 0 Å². The largest absolute Gasteiger partial charge is 0.493 e. The number of halogens is 1. The maximum absolute atomic E-state index is 12.4. The first-order valence-corrected chi connectivity index (χ1v) is 8.96. The van der Waals surface area contributed by atoms with E-state index in [1.54, 1.807) is 0 Å². The van der Waals surface area contributed by atoms with E-state index in [1.807, 2.05) is 32.0 Å². The molecule has 0 saturated carbocycles. The smallest absolute Gasteiger partial charge is 0.227 e. The molecule has 1 aromatic rings. The van der Waals surface area contributed by atoms with Crippen molar-refractivity contribution in [2.75, 3.05) is 38.2 Å². The minimum atomic E-state index is 0. The summed E-state index contributed by atoms with van der Waals surface area (Å²) in [6.07, 6.45) is 2.12. The standard InChI is InChI=1S/C19H28N2O3.ClH/c1-13-3-4-17(21-19(22)14(2)16-10-20-11-16)9-18(13)24-12-15-5-7-23-8-6-15;/h3-4,9,14-16,20H,5-8,10-12H2,1-2H3,(H,21,22);1H. The number of rotatable bonds is 6. The Morgan fingerprint density at radius 2 is 2.08 bits per heavy atom. The summed E-state index contributed by atoms with van der Waals surface area (Å²) >= 11 is 0. The van der Waals surface area contributed by atoms with Gasteiger partial charge in [0.25, 0.3) is 0 Å². The maximum Gasteiger partial charge on any atom is 0.227 e. The number of hydrogen-bond donors (Lipinski definition) is 2. The summed E-state index contributed by atoms with van der Waals surface area (Å²) in [6.45, 7) is 8.27. The molecule has 0 aromatic heterocycles. The highest BCUT2D eigenvalue weighted by Crippen LogP contribution is 2.26. The van der Waals surface area contributed by atoms with E-state index < -0.39 is 0 Å². The number of benzene rings is 1. The predicted octanol–water partition coefficient (Wildman–Crippen LogP) is 3.02. The molecule has 140 valence electrons. The molecule has 0 spiro atoms. The van der Waals surface area contributed by atoms with Crippen LogP contribution in [-0.2, 0) is 9.53 Å². The van der Waals surface area contributed by atoms with Crippen LogP contribution in [0.3, 0.4) is 0 Å². The van der Waals surface area contributed by atoms with Gasteiger partial charge in [-0.2, -0.15) is 0 Å². The number of amides is 1. The van der Waals surface area contributed by atoms with Gasteiger partial charge >= 0.3 is 0 Å². The van der Waals surface area contributed by atoms with Crippen molar-refractivity contribution < 1.29 is 14.3 Å². The van der Waals surface area contributed by atoms with Crippen LogP contribution < -0.4 is 15.4 Å². The Bertz CT molecular complexity index is 572. The van der Waals surface area contributed by atoms with Gasteiger partial charge in [-0.05, 0) is 56.3 Å². The minimum Gasteiger partial charge on any atom is -0.493 e. The van der Waals surface area contributed by atoms with E-state index in [1.165, 1.54) is 0 Å². The SMILES string of the molecule is Cc1ccc(NC(=O)C(C)C2CNC2)cc1OCC1CCOCC1.Cl. The molecular weight excluding hydrogens is 340 g/mol. The van der Waals surface area contributed by atoms with Crippen molar-refractivity contribution in [3.05, 3.63) is 23.8 Å². The molecule has 2 saturated heterocycles. The fourth-order valence-corrected chi connectivity index (χ4v) is 3.09. The summed E-state index contributed by atoms with van der Waals surface area (Å²) in [7, 11) is 0. The summed E-state index contributed by atoms with van der Waals surface area (Å²) in [6, 6.07) is 5.89. The van der Waals surface area contributed by atoms with Crippen LogP contribution in [-0.4, -0.2) is 38.8 Å². The first kappa shape index (κ1) is 20.0. The lowest BCUT2D eigenvalue weighted by molar-refractivity contribution is -0.121. The van der Waals surface area contributed by atoms with Crippen molar-refractivity contribution in [2.24, 2.45) is 17.8 Å². The van der Waals surface area contributed by atoms with Crippen molar-refractivity contribution in [1.29, 1.82) is 0 Å². The van der Waals surface area contributed by atoms with E-state index in [0.29, 0.717) is 18.4 Å². The summed E-state index contributed by atoms with van der Waals surface area (Å²) in [4.78, 5) is 12.4. The summed E-state index contributed by atoms with van der Waals surface area (Å²) in [5.74, 6) is 1.97. The molecule has 1 aromatic carbocycles. The van der Waals surface area contributed by atoms with Crippen molar-refractivity contribution in [2.45, 2.75) is 26.7 Å². The Labute approximate surface area is 156 Å². The fraction of sp³-hybridized carbons (Fsp3) is 0.632. The lowest BCUT2D eigenvalue weighted by Crippen LogP contribution is -2.48. The molecule has 1 amide bonds. The van der Waals surface area contributed by atoms with Gasteiger partial charge in [0.15, 0.2) is 0 Å². The molecular formula is C19H29ClN2O3. The molecule has 0 aliphatic carbocycles. The number of carbonyl (C=O) groups excluding carboxylic acids is 1. The topological polar surface area (TPSA) is 59.6 Å². The van der Waals surface area contributed by atoms with Gasteiger partial charge in [0, 0.05) is 30.9 Å². The molecule has 0 bridgehead atoms. The van der Waals surface area contributed by atoms with Gasteiger partial charge in [0.05, 0.1) is 6.61 Å². The molecule has 2 aliphatic rings. The van der Waals surface area contributed by atoms with Gasteiger partial charge in [-0.25, -0.2) is 0 Å². The number of anilines is 1. The average Bonchev–Trinajstić information content (AvgIpc) is 2.54. The molecule has 5 nitrogen and oxygen atoms in total. The van der Waals surface area contributed by atoms with Gasteiger partial charge in [0.2, 0.25) is 5.91 Å². The molecule has 2 fully saturated rings. The summed E-state index contributed by atoms with van der Waals surface area (Å²) in [5, 5.41) is 6.25. The number of ether oxygens (including phenoxy) is 2. The Balaban J connectivity index is 0.00000225. The number of nitrogens with one attached hydrogen (secondary N) is 2. The second kappa shape index (κ2) is 9.41. The second-order valence-corrected chi connectivity index (χ2v) is 7.04. The molecule has 6 heteroatoms. The summed E-state index contributed by atoms with van der Waals surface area (Å²) < 4.78 is 11.4. The van der Waals surface area contributed by atoms with Crippen LogP contribution in [0.4, 0.5) is 5.69 Å². The molecule has 2 N–H and O–H groups in total. The molecule has 2 aliphatic heterocycles. The monoisotopic (exact) mass is 368 g/mol. The van der Waals surface area contributed by atoms with Crippen LogP contribution in [0.15, 0.2) is 18.2 Å². The van der Waals surface area contributed by atoms with Gasteiger partial charge in [-0.3, -0.25) is 4.79 Å². The third-order valence-corrected chi connectivity index (χ3v) is 5.20. The Morgan fingerprint density at radius 3 is 2.72 bits per heavy atom. The van der Waals surface area contributed by atoms with Crippen LogP contribution in [0.1, 0.15) is 25.3 Å². The molecule has 1 atom stereocenters. The third kappa shape index (κ3) is 5.33. The lowest BCUT2D eigenvalue weighted by atomic mass is 9.88. The Kier molecular flexibility index (Phi) is 7.54. The van der Waals surface area contributed by atoms with Crippen molar-refractivity contribution >= 4 is 24.0 Å². The van der Waals surface area contributed by atoms with Gasteiger partial charge in [-0.1, -0.05) is 13.0 Å². The van der Waals surface area contributed by atoms with E-state index in [0.717, 1.165) is 56.1 Å². The maximum atomic E-state index is 12.4.